The van der Waals surface area contributed by atoms with Crippen LogP contribution < -0.4 is 0 Å². The van der Waals surface area contributed by atoms with Crippen molar-refractivity contribution in [3.8, 4) is 0 Å². The van der Waals surface area contributed by atoms with Gasteiger partial charge in [-0.25, -0.2) is 0 Å². The molecule has 4 rings (SSSR count). The molecule has 154 valence electrons. The van der Waals surface area contributed by atoms with Crippen LogP contribution in [0.15, 0.2) is 48.5 Å². The highest BCUT2D eigenvalue weighted by molar-refractivity contribution is 6.21. The molecule has 2 aliphatic heterocycles. The lowest BCUT2D eigenvalue weighted by Crippen LogP contribution is -2.51. The molecule has 2 aromatic rings. The first-order valence-electron chi connectivity index (χ1n) is 10.0. The smallest absolute Gasteiger partial charge is 0.261 e. The fourth-order valence-corrected chi connectivity index (χ4v) is 3.85. The van der Waals surface area contributed by atoms with Crippen LogP contribution in [0.4, 0.5) is 0 Å². The molecule has 7 heteroatoms. The maximum Gasteiger partial charge on any atom is 0.261 e. The predicted molar refractivity (Wildman–Crippen MR) is 110 cm³/mol. The van der Waals surface area contributed by atoms with Crippen LogP contribution in [0, 0.1) is 6.92 Å². The van der Waals surface area contributed by atoms with Gasteiger partial charge in [0.2, 0.25) is 5.91 Å². The second-order valence-corrected chi connectivity index (χ2v) is 7.60. The number of rotatable bonds is 4. The Morgan fingerprint density at radius 1 is 0.800 bits per heavy atom. The maximum atomic E-state index is 12.6. The molecule has 2 aliphatic rings. The summed E-state index contributed by atoms with van der Waals surface area (Å²) < 4.78 is 0. The molecule has 2 heterocycles. The molecule has 0 aromatic heterocycles. The first-order valence-corrected chi connectivity index (χ1v) is 10.0. The highest BCUT2D eigenvalue weighted by atomic mass is 16.2. The molecule has 0 saturated carbocycles. The largest absolute Gasteiger partial charge is 0.339 e. The number of hydrogen-bond donors (Lipinski definition) is 0. The van der Waals surface area contributed by atoms with E-state index in [-0.39, 0.29) is 36.6 Å². The molecule has 4 amide bonds. The van der Waals surface area contributed by atoms with Crippen molar-refractivity contribution in [3.63, 3.8) is 0 Å². The van der Waals surface area contributed by atoms with E-state index in [0.29, 0.717) is 42.9 Å². The third-order valence-electron chi connectivity index (χ3n) is 5.65. The Morgan fingerprint density at radius 3 is 1.90 bits per heavy atom. The van der Waals surface area contributed by atoms with E-state index in [1.54, 1.807) is 34.1 Å². The summed E-state index contributed by atoms with van der Waals surface area (Å²) in [7, 11) is 0. The van der Waals surface area contributed by atoms with Crippen LogP contribution in [0.25, 0.3) is 0 Å². The van der Waals surface area contributed by atoms with Gasteiger partial charge in [0.1, 0.15) is 0 Å². The summed E-state index contributed by atoms with van der Waals surface area (Å²) in [5.74, 6) is -0.851. The number of hydrogen-bond acceptors (Lipinski definition) is 4. The van der Waals surface area contributed by atoms with Crippen LogP contribution in [0.1, 0.15) is 43.1 Å². The number of amides is 4. The van der Waals surface area contributed by atoms with Gasteiger partial charge >= 0.3 is 0 Å². The minimum atomic E-state index is -0.350. The summed E-state index contributed by atoms with van der Waals surface area (Å²) in [6.45, 7) is 3.85. The molecule has 0 N–H and O–H groups in total. The highest BCUT2D eigenvalue weighted by Gasteiger charge is 2.35. The first kappa shape index (κ1) is 19.8. The van der Waals surface area contributed by atoms with Gasteiger partial charge in [0.05, 0.1) is 11.1 Å². The standard InChI is InChI=1S/C23H23N3O4/c1-16-6-8-17(9-7-16)21(28)25-14-12-24(13-15-25)20(27)10-11-26-22(29)18-4-2-3-5-19(18)23(26)30/h2-9H,10-15H2,1H3. The Labute approximate surface area is 174 Å². The molecular weight excluding hydrogens is 382 g/mol. The van der Waals surface area contributed by atoms with E-state index in [0.717, 1.165) is 10.5 Å². The lowest BCUT2D eigenvalue weighted by Gasteiger charge is -2.35. The maximum absolute atomic E-state index is 12.6. The minimum absolute atomic E-state index is 0.0341. The van der Waals surface area contributed by atoms with E-state index in [4.69, 9.17) is 0 Å². The van der Waals surface area contributed by atoms with Crippen molar-refractivity contribution < 1.29 is 19.2 Å². The van der Waals surface area contributed by atoms with E-state index in [2.05, 4.69) is 0 Å². The molecule has 1 fully saturated rings. The monoisotopic (exact) mass is 405 g/mol. The van der Waals surface area contributed by atoms with Crippen LogP contribution in [0.2, 0.25) is 0 Å². The zero-order valence-electron chi connectivity index (χ0n) is 16.8. The minimum Gasteiger partial charge on any atom is -0.339 e. The van der Waals surface area contributed by atoms with Crippen molar-refractivity contribution >= 4 is 23.6 Å². The summed E-state index contributed by atoms with van der Waals surface area (Å²) in [6.07, 6.45) is 0.0807. The Hall–Kier alpha value is -3.48. The van der Waals surface area contributed by atoms with Crippen molar-refractivity contribution in [3.05, 3.63) is 70.8 Å². The number of benzene rings is 2. The SMILES string of the molecule is Cc1ccc(C(=O)N2CCN(C(=O)CCN3C(=O)c4ccccc4C3=O)CC2)cc1. The van der Waals surface area contributed by atoms with Gasteiger partial charge < -0.3 is 9.80 Å². The number of carbonyl (C=O) groups excluding carboxylic acids is 4. The average Bonchev–Trinajstić information content (AvgIpc) is 3.02. The van der Waals surface area contributed by atoms with E-state index in [1.165, 1.54) is 0 Å². The molecule has 2 aromatic carbocycles. The summed E-state index contributed by atoms with van der Waals surface area (Å²) in [5.41, 5.74) is 2.52. The Bertz CT molecular complexity index is 972. The van der Waals surface area contributed by atoms with Gasteiger partial charge in [-0.2, -0.15) is 0 Å². The van der Waals surface area contributed by atoms with Gasteiger partial charge in [0.15, 0.2) is 0 Å². The van der Waals surface area contributed by atoms with Crippen molar-refractivity contribution in [2.24, 2.45) is 0 Å². The van der Waals surface area contributed by atoms with Gasteiger partial charge in [-0.1, -0.05) is 29.8 Å². The predicted octanol–water partition coefficient (Wildman–Crippen LogP) is 1.97. The molecule has 0 unspecified atom stereocenters. The topological polar surface area (TPSA) is 78.0 Å². The Balaban J connectivity index is 1.29. The van der Waals surface area contributed by atoms with Crippen LogP contribution >= 0.6 is 0 Å². The van der Waals surface area contributed by atoms with E-state index >= 15 is 0 Å². The Kier molecular flexibility index (Phi) is 5.35. The number of fused-ring (bicyclic) bond motifs is 1. The zero-order chi connectivity index (χ0) is 21.3. The Morgan fingerprint density at radius 2 is 1.33 bits per heavy atom. The third-order valence-corrected chi connectivity index (χ3v) is 5.65. The second-order valence-electron chi connectivity index (χ2n) is 7.60. The fraction of sp³-hybridized carbons (Fsp3) is 0.304. The van der Waals surface area contributed by atoms with E-state index < -0.39 is 0 Å². The molecule has 0 bridgehead atoms. The lowest BCUT2D eigenvalue weighted by atomic mass is 10.1. The quantitative estimate of drug-likeness (QED) is 0.729. The number of piperazine rings is 1. The number of imide groups is 1. The molecule has 0 atom stereocenters. The highest BCUT2D eigenvalue weighted by Crippen LogP contribution is 2.22. The van der Waals surface area contributed by atoms with Crippen LogP contribution in [0.3, 0.4) is 0 Å². The molecular formula is C23H23N3O4. The summed E-state index contributed by atoms with van der Waals surface area (Å²) in [5, 5.41) is 0. The van der Waals surface area contributed by atoms with Crippen LogP contribution in [0.5, 0.6) is 0 Å². The van der Waals surface area contributed by atoms with Gasteiger partial charge in [0.25, 0.3) is 17.7 Å². The van der Waals surface area contributed by atoms with Crippen molar-refractivity contribution in [2.45, 2.75) is 13.3 Å². The van der Waals surface area contributed by atoms with Gasteiger partial charge in [-0.15, -0.1) is 0 Å². The van der Waals surface area contributed by atoms with Crippen molar-refractivity contribution in [1.29, 1.82) is 0 Å². The zero-order valence-corrected chi connectivity index (χ0v) is 16.8. The van der Waals surface area contributed by atoms with Gasteiger partial charge in [-0.3, -0.25) is 24.1 Å². The lowest BCUT2D eigenvalue weighted by molar-refractivity contribution is -0.132. The number of aryl methyl sites for hydroxylation is 1. The first-order chi connectivity index (χ1) is 14.5. The molecule has 1 saturated heterocycles. The number of carbonyl (C=O) groups is 4. The number of nitrogens with zero attached hydrogens (tertiary/aromatic N) is 3. The van der Waals surface area contributed by atoms with E-state index in [1.807, 2.05) is 31.2 Å². The fourth-order valence-electron chi connectivity index (χ4n) is 3.85. The van der Waals surface area contributed by atoms with Crippen molar-refractivity contribution in [2.75, 3.05) is 32.7 Å². The van der Waals surface area contributed by atoms with Gasteiger partial charge in [0, 0.05) is 44.7 Å². The van der Waals surface area contributed by atoms with Crippen LogP contribution in [-0.4, -0.2) is 71.1 Å². The average molecular weight is 405 g/mol. The molecule has 0 aliphatic carbocycles. The second kappa shape index (κ2) is 8.10. The molecule has 0 spiro atoms. The summed E-state index contributed by atoms with van der Waals surface area (Å²) >= 11 is 0. The van der Waals surface area contributed by atoms with Crippen molar-refractivity contribution in [1.82, 2.24) is 14.7 Å². The summed E-state index contributed by atoms with van der Waals surface area (Å²) in [4.78, 5) is 54.6. The van der Waals surface area contributed by atoms with E-state index in [9.17, 15) is 19.2 Å². The van der Waals surface area contributed by atoms with Gasteiger partial charge in [-0.05, 0) is 31.2 Å². The summed E-state index contributed by atoms with van der Waals surface area (Å²) in [6, 6.07) is 14.1. The normalized spacial score (nSPS) is 16.1. The van der Waals surface area contributed by atoms with Crippen LogP contribution in [-0.2, 0) is 4.79 Å². The molecule has 30 heavy (non-hydrogen) atoms. The third kappa shape index (κ3) is 3.70. The molecule has 7 nitrogen and oxygen atoms in total. The molecule has 0 radical (unpaired) electrons.